The van der Waals surface area contributed by atoms with Gasteiger partial charge in [-0.25, -0.2) is 0 Å². The van der Waals surface area contributed by atoms with E-state index in [1.165, 1.54) is 0 Å². The summed E-state index contributed by atoms with van der Waals surface area (Å²) < 4.78 is 1.82. The summed E-state index contributed by atoms with van der Waals surface area (Å²) in [4.78, 5) is 19.2. The Bertz CT molecular complexity index is 682. The fourth-order valence-electron chi connectivity index (χ4n) is 3.22. The van der Waals surface area contributed by atoms with Crippen LogP contribution in [0.5, 0.6) is 0 Å². The van der Waals surface area contributed by atoms with E-state index in [9.17, 15) is 4.79 Å². The molecule has 0 aliphatic carbocycles. The van der Waals surface area contributed by atoms with Crippen LogP contribution in [-0.2, 0) is 4.79 Å². The predicted octanol–water partition coefficient (Wildman–Crippen LogP) is 1.63. The molecule has 122 valence electrons. The van der Waals surface area contributed by atoms with Gasteiger partial charge in [-0.3, -0.25) is 14.5 Å². The predicted molar refractivity (Wildman–Crippen MR) is 88.0 cm³/mol. The Morgan fingerprint density at radius 2 is 2.26 bits per heavy atom. The lowest BCUT2D eigenvalue weighted by molar-refractivity contribution is -0.138. The molecular formula is C17H23N5O. The molecule has 2 atom stereocenters. The highest BCUT2D eigenvalue weighted by molar-refractivity contribution is 5.80. The number of hydrogen-bond acceptors (Lipinski definition) is 4. The summed E-state index contributed by atoms with van der Waals surface area (Å²) in [5.41, 5.74) is 3.01. The topological polar surface area (TPSA) is 63.1 Å². The first-order chi connectivity index (χ1) is 11.1. The van der Waals surface area contributed by atoms with Crippen LogP contribution in [0.3, 0.4) is 0 Å². The highest BCUT2D eigenvalue weighted by atomic mass is 16.2. The molecule has 1 aliphatic heterocycles. The number of amides is 1. The van der Waals surface area contributed by atoms with Gasteiger partial charge in [-0.1, -0.05) is 6.07 Å². The van der Waals surface area contributed by atoms with E-state index in [2.05, 4.69) is 15.4 Å². The number of carbonyl (C=O) groups excluding carboxylic acids is 1. The van der Waals surface area contributed by atoms with E-state index in [0.717, 1.165) is 30.0 Å². The van der Waals surface area contributed by atoms with Crippen LogP contribution < -0.4 is 5.32 Å². The summed E-state index contributed by atoms with van der Waals surface area (Å²) in [6.07, 6.45) is 3.59. The standard InChI is InChI=1S/C17H23N5O/c1-12-9-13(2)22(20-12)14(3)17(23)21-8-7-19-11-16(21)15-5-4-6-18-10-15/h4-6,9-10,14,16,19H,7-8,11H2,1-3H3. The number of piperazine rings is 1. The van der Waals surface area contributed by atoms with E-state index >= 15 is 0 Å². The molecule has 0 saturated carbocycles. The SMILES string of the molecule is Cc1cc(C)n(C(C)C(=O)N2CCNCC2c2cccnc2)n1. The Labute approximate surface area is 136 Å². The van der Waals surface area contributed by atoms with Crippen LogP contribution in [0.15, 0.2) is 30.6 Å². The number of nitrogens with zero attached hydrogens (tertiary/aromatic N) is 4. The minimum absolute atomic E-state index is 0.0179. The average Bonchev–Trinajstić information content (AvgIpc) is 2.92. The van der Waals surface area contributed by atoms with E-state index in [-0.39, 0.29) is 18.0 Å². The van der Waals surface area contributed by atoms with E-state index < -0.39 is 0 Å². The zero-order chi connectivity index (χ0) is 16.4. The first-order valence-corrected chi connectivity index (χ1v) is 8.02. The van der Waals surface area contributed by atoms with Gasteiger partial charge < -0.3 is 10.2 Å². The van der Waals surface area contributed by atoms with Crippen LogP contribution in [0.4, 0.5) is 0 Å². The van der Waals surface area contributed by atoms with Gasteiger partial charge in [0.25, 0.3) is 0 Å². The summed E-state index contributed by atoms with van der Waals surface area (Å²) in [5, 5.41) is 7.83. The van der Waals surface area contributed by atoms with Gasteiger partial charge in [0.15, 0.2) is 0 Å². The minimum atomic E-state index is -0.305. The minimum Gasteiger partial charge on any atom is -0.331 e. The molecule has 23 heavy (non-hydrogen) atoms. The highest BCUT2D eigenvalue weighted by Gasteiger charge is 2.32. The summed E-state index contributed by atoms with van der Waals surface area (Å²) in [6, 6.07) is 5.65. The van der Waals surface area contributed by atoms with Crippen LogP contribution in [0.25, 0.3) is 0 Å². The zero-order valence-electron chi connectivity index (χ0n) is 13.9. The van der Waals surface area contributed by atoms with Crippen molar-refractivity contribution < 1.29 is 4.79 Å². The third kappa shape index (κ3) is 3.12. The third-order valence-electron chi connectivity index (χ3n) is 4.36. The van der Waals surface area contributed by atoms with E-state index in [0.29, 0.717) is 6.54 Å². The van der Waals surface area contributed by atoms with Crippen molar-refractivity contribution in [2.75, 3.05) is 19.6 Å². The molecule has 6 heteroatoms. The maximum Gasteiger partial charge on any atom is 0.247 e. The molecule has 1 aliphatic rings. The van der Waals surface area contributed by atoms with Crippen molar-refractivity contribution in [2.45, 2.75) is 32.9 Å². The fraction of sp³-hybridized carbons (Fsp3) is 0.471. The number of hydrogen-bond donors (Lipinski definition) is 1. The van der Waals surface area contributed by atoms with Gasteiger partial charge in [-0.2, -0.15) is 5.10 Å². The first kappa shape index (κ1) is 15.7. The molecule has 0 radical (unpaired) electrons. The van der Waals surface area contributed by atoms with Gasteiger partial charge in [0.1, 0.15) is 6.04 Å². The van der Waals surface area contributed by atoms with Crippen molar-refractivity contribution in [1.82, 2.24) is 25.0 Å². The van der Waals surface area contributed by atoms with Gasteiger partial charge in [0, 0.05) is 37.7 Å². The Balaban J connectivity index is 1.85. The molecule has 2 aromatic rings. The summed E-state index contributed by atoms with van der Waals surface area (Å²) in [7, 11) is 0. The summed E-state index contributed by atoms with van der Waals surface area (Å²) in [6.45, 7) is 8.11. The van der Waals surface area contributed by atoms with Crippen molar-refractivity contribution in [3.05, 3.63) is 47.5 Å². The average molecular weight is 313 g/mol. The molecular weight excluding hydrogens is 290 g/mol. The molecule has 6 nitrogen and oxygen atoms in total. The second-order valence-corrected chi connectivity index (χ2v) is 6.09. The smallest absolute Gasteiger partial charge is 0.247 e. The Kier molecular flexibility index (Phi) is 4.43. The van der Waals surface area contributed by atoms with Crippen molar-refractivity contribution >= 4 is 5.91 Å². The molecule has 3 heterocycles. The van der Waals surface area contributed by atoms with Crippen molar-refractivity contribution in [3.8, 4) is 0 Å². The van der Waals surface area contributed by atoms with E-state index in [1.807, 2.05) is 54.7 Å². The second-order valence-electron chi connectivity index (χ2n) is 6.09. The fourth-order valence-corrected chi connectivity index (χ4v) is 3.22. The lowest BCUT2D eigenvalue weighted by atomic mass is 10.0. The maximum absolute atomic E-state index is 13.1. The van der Waals surface area contributed by atoms with Crippen LogP contribution in [0, 0.1) is 13.8 Å². The van der Waals surface area contributed by atoms with Gasteiger partial charge in [0.05, 0.1) is 11.7 Å². The third-order valence-corrected chi connectivity index (χ3v) is 4.36. The second kappa shape index (κ2) is 6.50. The zero-order valence-corrected chi connectivity index (χ0v) is 13.9. The van der Waals surface area contributed by atoms with Gasteiger partial charge in [-0.05, 0) is 38.5 Å². The van der Waals surface area contributed by atoms with Gasteiger partial charge >= 0.3 is 0 Å². The number of aromatic nitrogens is 3. The molecule has 2 aromatic heterocycles. The molecule has 1 N–H and O–H groups in total. The summed E-state index contributed by atoms with van der Waals surface area (Å²) in [5.74, 6) is 0.103. The molecule has 0 bridgehead atoms. The van der Waals surface area contributed by atoms with E-state index in [1.54, 1.807) is 6.20 Å². The Morgan fingerprint density at radius 3 is 2.91 bits per heavy atom. The lowest BCUT2D eigenvalue weighted by Gasteiger charge is -2.38. The molecule has 2 unspecified atom stereocenters. The number of pyridine rings is 1. The monoisotopic (exact) mass is 313 g/mol. The molecule has 0 spiro atoms. The van der Waals surface area contributed by atoms with Crippen LogP contribution >= 0.6 is 0 Å². The molecule has 1 saturated heterocycles. The number of rotatable bonds is 3. The van der Waals surface area contributed by atoms with Crippen molar-refractivity contribution in [2.24, 2.45) is 0 Å². The van der Waals surface area contributed by atoms with Crippen molar-refractivity contribution in [1.29, 1.82) is 0 Å². The molecule has 0 aromatic carbocycles. The number of aryl methyl sites for hydroxylation is 2. The van der Waals surface area contributed by atoms with E-state index in [4.69, 9.17) is 0 Å². The number of nitrogens with one attached hydrogen (secondary N) is 1. The molecule has 3 rings (SSSR count). The molecule has 1 fully saturated rings. The quantitative estimate of drug-likeness (QED) is 0.935. The highest BCUT2D eigenvalue weighted by Crippen LogP contribution is 2.25. The first-order valence-electron chi connectivity index (χ1n) is 8.02. The van der Waals surface area contributed by atoms with Crippen LogP contribution in [0.1, 0.15) is 36.0 Å². The van der Waals surface area contributed by atoms with Gasteiger partial charge in [-0.15, -0.1) is 0 Å². The van der Waals surface area contributed by atoms with Crippen LogP contribution in [0.2, 0.25) is 0 Å². The molecule has 1 amide bonds. The van der Waals surface area contributed by atoms with Gasteiger partial charge in [0.2, 0.25) is 5.91 Å². The van der Waals surface area contributed by atoms with Crippen molar-refractivity contribution in [3.63, 3.8) is 0 Å². The normalized spacial score (nSPS) is 19.6. The lowest BCUT2D eigenvalue weighted by Crippen LogP contribution is -2.50. The number of carbonyl (C=O) groups is 1. The maximum atomic E-state index is 13.1. The summed E-state index contributed by atoms with van der Waals surface area (Å²) >= 11 is 0. The Morgan fingerprint density at radius 1 is 1.43 bits per heavy atom. The largest absolute Gasteiger partial charge is 0.331 e. The Hall–Kier alpha value is -2.21. The van der Waals surface area contributed by atoms with Crippen LogP contribution in [-0.4, -0.2) is 45.2 Å².